The molecule has 1 atom stereocenters. The second-order valence-electron chi connectivity index (χ2n) is 4.44. The molecule has 1 aliphatic heterocycles. The number of carbonyl (C=O) groups is 2. The molecule has 1 aliphatic rings. The summed E-state index contributed by atoms with van der Waals surface area (Å²) < 4.78 is 0. The maximum Gasteiger partial charge on any atom is 0.304 e. The quantitative estimate of drug-likeness (QED) is 0.476. The van der Waals surface area contributed by atoms with Gasteiger partial charge in [-0.3, -0.25) is 9.59 Å². The van der Waals surface area contributed by atoms with E-state index in [1.54, 1.807) is 17.0 Å². The van der Waals surface area contributed by atoms with E-state index in [9.17, 15) is 9.59 Å². The number of anilines is 1. The first kappa shape index (κ1) is 13.1. The Hall–Kier alpha value is -2.37. The van der Waals surface area contributed by atoms with Gasteiger partial charge in [-0.2, -0.15) is 5.10 Å². The first-order valence-corrected chi connectivity index (χ1v) is 5.98. The maximum absolute atomic E-state index is 12.1. The molecule has 0 radical (unpaired) electrons. The third-order valence-electron chi connectivity index (χ3n) is 3.17. The van der Waals surface area contributed by atoms with Crippen LogP contribution in [-0.4, -0.2) is 29.7 Å². The second kappa shape index (κ2) is 5.51. The molecule has 1 amide bonds. The Morgan fingerprint density at radius 3 is 2.74 bits per heavy atom. The molecule has 1 saturated heterocycles. The fraction of sp³-hybridized carbons (Fsp3) is 0.308. The van der Waals surface area contributed by atoms with E-state index < -0.39 is 11.9 Å². The lowest BCUT2D eigenvalue weighted by molar-refractivity contribution is -0.140. The number of hydrogen-bond donors (Lipinski definition) is 2. The van der Waals surface area contributed by atoms with Crippen molar-refractivity contribution in [3.8, 4) is 0 Å². The average Bonchev–Trinajstić information content (AvgIpc) is 2.72. The van der Waals surface area contributed by atoms with Crippen LogP contribution in [0, 0.1) is 5.92 Å². The van der Waals surface area contributed by atoms with Crippen LogP contribution in [0.3, 0.4) is 0 Å². The van der Waals surface area contributed by atoms with Crippen molar-refractivity contribution in [2.24, 2.45) is 16.9 Å². The van der Waals surface area contributed by atoms with Gasteiger partial charge in [0.05, 0.1) is 18.6 Å². The van der Waals surface area contributed by atoms with Crippen molar-refractivity contribution < 1.29 is 14.7 Å². The smallest absolute Gasteiger partial charge is 0.304 e. The van der Waals surface area contributed by atoms with Crippen LogP contribution in [0.4, 0.5) is 5.69 Å². The van der Waals surface area contributed by atoms with Crippen LogP contribution in [0.5, 0.6) is 0 Å². The fourth-order valence-electron chi connectivity index (χ4n) is 2.22. The SMILES string of the molecule is NN=Cc1ccc(N2CCC(CC(=O)O)C2=O)cc1. The zero-order valence-corrected chi connectivity index (χ0v) is 10.3. The molecule has 0 spiro atoms. The minimum atomic E-state index is -0.935. The van der Waals surface area contributed by atoms with Gasteiger partial charge in [-0.05, 0) is 24.1 Å². The summed E-state index contributed by atoms with van der Waals surface area (Å²) >= 11 is 0. The number of aliphatic carboxylic acids is 1. The molecule has 3 N–H and O–H groups in total. The van der Waals surface area contributed by atoms with Gasteiger partial charge in [0, 0.05) is 12.2 Å². The molecular weight excluding hydrogens is 246 g/mol. The number of nitrogens with zero attached hydrogens (tertiary/aromatic N) is 2. The van der Waals surface area contributed by atoms with Crippen LogP contribution in [0.15, 0.2) is 29.4 Å². The van der Waals surface area contributed by atoms with Crippen molar-refractivity contribution in [1.82, 2.24) is 0 Å². The summed E-state index contributed by atoms with van der Waals surface area (Å²) in [5.74, 6) is 3.58. The summed E-state index contributed by atoms with van der Waals surface area (Å²) in [5.41, 5.74) is 1.62. The van der Waals surface area contributed by atoms with Gasteiger partial charge in [0.1, 0.15) is 0 Å². The molecule has 1 unspecified atom stereocenters. The zero-order chi connectivity index (χ0) is 13.8. The number of rotatable bonds is 4. The largest absolute Gasteiger partial charge is 0.481 e. The van der Waals surface area contributed by atoms with Crippen molar-refractivity contribution in [2.45, 2.75) is 12.8 Å². The molecule has 0 saturated carbocycles. The van der Waals surface area contributed by atoms with Gasteiger partial charge in [-0.25, -0.2) is 0 Å². The molecule has 1 aromatic rings. The Morgan fingerprint density at radius 1 is 1.47 bits per heavy atom. The van der Waals surface area contributed by atoms with Crippen LogP contribution < -0.4 is 10.7 Å². The van der Waals surface area contributed by atoms with E-state index in [-0.39, 0.29) is 12.3 Å². The molecule has 2 rings (SSSR count). The number of benzene rings is 1. The standard InChI is InChI=1S/C13H15N3O3/c14-15-8-9-1-3-11(4-2-9)16-6-5-10(13(16)19)7-12(17)18/h1-4,8,10H,5-7,14H2,(H,17,18). The lowest BCUT2D eigenvalue weighted by Gasteiger charge is -2.16. The van der Waals surface area contributed by atoms with Crippen LogP contribution in [0.1, 0.15) is 18.4 Å². The number of carboxylic acids is 1. The van der Waals surface area contributed by atoms with E-state index >= 15 is 0 Å². The monoisotopic (exact) mass is 261 g/mol. The van der Waals surface area contributed by atoms with E-state index in [4.69, 9.17) is 10.9 Å². The van der Waals surface area contributed by atoms with E-state index in [2.05, 4.69) is 5.10 Å². The normalized spacial score (nSPS) is 19.3. The highest BCUT2D eigenvalue weighted by atomic mass is 16.4. The van der Waals surface area contributed by atoms with Gasteiger partial charge in [0.15, 0.2) is 0 Å². The third-order valence-corrected chi connectivity index (χ3v) is 3.17. The van der Waals surface area contributed by atoms with Crippen LogP contribution in [0.25, 0.3) is 0 Å². The van der Waals surface area contributed by atoms with Gasteiger partial charge in [0.25, 0.3) is 0 Å². The Bertz CT molecular complexity index is 510. The molecule has 0 bridgehead atoms. The molecule has 1 fully saturated rings. The predicted molar refractivity (Wildman–Crippen MR) is 70.9 cm³/mol. The number of nitrogens with two attached hydrogens (primary N) is 1. The van der Waals surface area contributed by atoms with Crippen molar-refractivity contribution in [1.29, 1.82) is 0 Å². The van der Waals surface area contributed by atoms with Crippen molar-refractivity contribution >= 4 is 23.8 Å². The number of hydrazone groups is 1. The van der Waals surface area contributed by atoms with Gasteiger partial charge in [-0.1, -0.05) is 12.1 Å². The molecule has 6 heteroatoms. The summed E-state index contributed by atoms with van der Waals surface area (Å²) in [6.07, 6.45) is 1.99. The topological polar surface area (TPSA) is 96.0 Å². The minimum absolute atomic E-state index is 0.104. The van der Waals surface area contributed by atoms with Gasteiger partial charge < -0.3 is 15.8 Å². The number of carboxylic acid groups (broad SMARTS) is 1. The summed E-state index contributed by atoms with van der Waals surface area (Å²) in [5, 5.41) is 12.2. The van der Waals surface area contributed by atoms with Crippen molar-refractivity contribution in [3.63, 3.8) is 0 Å². The Labute approximate surface area is 110 Å². The van der Waals surface area contributed by atoms with Crippen molar-refractivity contribution in [2.75, 3.05) is 11.4 Å². The van der Waals surface area contributed by atoms with E-state index in [1.807, 2.05) is 12.1 Å². The molecule has 0 aliphatic carbocycles. The van der Waals surface area contributed by atoms with E-state index in [0.29, 0.717) is 13.0 Å². The van der Waals surface area contributed by atoms with Gasteiger partial charge in [0.2, 0.25) is 5.91 Å². The minimum Gasteiger partial charge on any atom is -0.481 e. The molecule has 100 valence electrons. The third kappa shape index (κ3) is 2.90. The Morgan fingerprint density at radius 2 is 2.16 bits per heavy atom. The highest BCUT2D eigenvalue weighted by molar-refractivity contribution is 5.98. The maximum atomic E-state index is 12.1. The highest BCUT2D eigenvalue weighted by Gasteiger charge is 2.33. The fourth-order valence-corrected chi connectivity index (χ4v) is 2.22. The average molecular weight is 261 g/mol. The first-order chi connectivity index (χ1) is 9.11. The summed E-state index contributed by atoms with van der Waals surface area (Å²) in [7, 11) is 0. The van der Waals surface area contributed by atoms with Crippen LogP contribution in [-0.2, 0) is 9.59 Å². The van der Waals surface area contributed by atoms with E-state index in [1.165, 1.54) is 6.21 Å². The second-order valence-corrected chi connectivity index (χ2v) is 4.44. The summed E-state index contributed by atoms with van der Waals surface area (Å²) in [4.78, 5) is 24.4. The zero-order valence-electron chi connectivity index (χ0n) is 10.3. The molecular formula is C13H15N3O3. The lowest BCUT2D eigenvalue weighted by atomic mass is 10.0. The van der Waals surface area contributed by atoms with Crippen LogP contribution in [0.2, 0.25) is 0 Å². The predicted octanol–water partition coefficient (Wildman–Crippen LogP) is 0.807. The number of hydrogen-bond acceptors (Lipinski definition) is 4. The molecule has 1 aromatic carbocycles. The number of carbonyl (C=O) groups excluding carboxylic acids is 1. The molecule has 19 heavy (non-hydrogen) atoms. The Balaban J connectivity index is 2.10. The number of amides is 1. The molecule has 6 nitrogen and oxygen atoms in total. The summed E-state index contributed by atoms with van der Waals surface area (Å²) in [6.45, 7) is 0.557. The highest BCUT2D eigenvalue weighted by Crippen LogP contribution is 2.27. The van der Waals surface area contributed by atoms with Gasteiger partial charge >= 0.3 is 5.97 Å². The lowest BCUT2D eigenvalue weighted by Crippen LogP contribution is -2.27. The van der Waals surface area contributed by atoms with E-state index in [0.717, 1.165) is 11.3 Å². The molecule has 1 heterocycles. The van der Waals surface area contributed by atoms with Crippen molar-refractivity contribution in [3.05, 3.63) is 29.8 Å². The first-order valence-electron chi connectivity index (χ1n) is 5.98. The summed E-state index contributed by atoms with van der Waals surface area (Å²) in [6, 6.07) is 7.23. The van der Waals surface area contributed by atoms with Crippen LogP contribution >= 0.6 is 0 Å². The Kier molecular flexibility index (Phi) is 3.79. The van der Waals surface area contributed by atoms with Gasteiger partial charge in [-0.15, -0.1) is 0 Å². The molecule has 0 aromatic heterocycles.